The molecule has 0 aliphatic rings. The number of rotatable bonds is 3. The lowest BCUT2D eigenvalue weighted by Gasteiger charge is -2.29. The molecule has 0 saturated heterocycles. The smallest absolute Gasteiger partial charge is 0.240 e. The predicted molar refractivity (Wildman–Crippen MR) is 70.8 cm³/mol. The van der Waals surface area contributed by atoms with Gasteiger partial charge in [-0.1, -0.05) is 20.8 Å². The number of carbonyl (C=O) groups is 1. The highest BCUT2D eigenvalue weighted by Gasteiger charge is 2.29. The van der Waals surface area contributed by atoms with Crippen molar-refractivity contribution < 1.29 is 4.79 Å². The van der Waals surface area contributed by atoms with Crippen molar-refractivity contribution in [3.63, 3.8) is 0 Å². The Morgan fingerprint density at radius 2 is 2.18 bits per heavy atom. The molecule has 1 heterocycles. The quantitative estimate of drug-likeness (QED) is 0.895. The number of nitrogens with zero attached hydrogens (tertiary/aromatic N) is 2. The Bertz CT molecular complexity index is 395. The molecule has 17 heavy (non-hydrogen) atoms. The van der Waals surface area contributed by atoms with Crippen LogP contribution in [-0.4, -0.2) is 28.9 Å². The molecule has 2 N–H and O–H groups in total. The van der Waals surface area contributed by atoms with Crippen molar-refractivity contribution in [1.29, 1.82) is 0 Å². The topological polar surface area (TPSA) is 59.2 Å². The summed E-state index contributed by atoms with van der Waals surface area (Å²) in [4.78, 5) is 19.0. The van der Waals surface area contributed by atoms with Crippen LogP contribution in [-0.2, 0) is 11.3 Å². The fourth-order valence-corrected chi connectivity index (χ4v) is 2.25. The number of thiazole rings is 1. The van der Waals surface area contributed by atoms with Gasteiger partial charge in [-0.2, -0.15) is 0 Å². The van der Waals surface area contributed by atoms with E-state index in [1.54, 1.807) is 23.3 Å². The predicted octanol–water partition coefficient (Wildman–Crippen LogP) is 1.78. The van der Waals surface area contributed by atoms with Gasteiger partial charge in [0.05, 0.1) is 17.6 Å². The summed E-state index contributed by atoms with van der Waals surface area (Å²) in [5, 5.41) is 1.01. The van der Waals surface area contributed by atoms with E-state index in [2.05, 4.69) is 4.98 Å². The molecule has 1 amide bonds. The van der Waals surface area contributed by atoms with E-state index in [-0.39, 0.29) is 11.3 Å². The lowest BCUT2D eigenvalue weighted by molar-refractivity contribution is -0.134. The zero-order valence-electron chi connectivity index (χ0n) is 11.2. The zero-order valence-corrected chi connectivity index (χ0v) is 12.0. The highest BCUT2D eigenvalue weighted by Crippen LogP contribution is 2.20. The van der Waals surface area contributed by atoms with Crippen LogP contribution >= 0.6 is 11.3 Å². The number of carbonyl (C=O) groups excluding carboxylic acids is 1. The Morgan fingerprint density at radius 3 is 2.59 bits per heavy atom. The van der Waals surface area contributed by atoms with Crippen molar-refractivity contribution in [2.75, 3.05) is 7.05 Å². The molecule has 1 aromatic rings. The standard InChI is InChI=1S/C12H21N3OS/c1-8-14-6-9(17-8)7-15(5)11(16)10(13)12(2,3)4/h6,10H,7,13H2,1-5H3/t10-/m0/s1. The molecule has 1 aromatic heterocycles. The molecule has 0 radical (unpaired) electrons. The molecular formula is C12H21N3OS. The van der Waals surface area contributed by atoms with Crippen molar-refractivity contribution in [1.82, 2.24) is 9.88 Å². The summed E-state index contributed by atoms with van der Waals surface area (Å²) in [6, 6.07) is -0.471. The van der Waals surface area contributed by atoms with E-state index in [4.69, 9.17) is 5.73 Å². The minimum atomic E-state index is -0.471. The SMILES string of the molecule is Cc1ncc(CN(C)C(=O)[C@H](N)C(C)(C)C)s1. The van der Waals surface area contributed by atoms with Crippen LogP contribution in [0.15, 0.2) is 6.20 Å². The Balaban J connectivity index is 2.65. The van der Waals surface area contributed by atoms with E-state index in [1.165, 1.54) is 0 Å². The molecule has 1 atom stereocenters. The van der Waals surface area contributed by atoms with Crippen LogP contribution in [0.5, 0.6) is 0 Å². The first-order valence-electron chi connectivity index (χ1n) is 5.63. The minimum Gasteiger partial charge on any atom is -0.339 e. The summed E-state index contributed by atoms with van der Waals surface area (Å²) in [5.41, 5.74) is 5.74. The third-order valence-electron chi connectivity index (χ3n) is 2.64. The van der Waals surface area contributed by atoms with Crippen LogP contribution in [0.3, 0.4) is 0 Å². The number of amides is 1. The highest BCUT2D eigenvalue weighted by atomic mass is 32.1. The summed E-state index contributed by atoms with van der Waals surface area (Å²) in [5.74, 6) is -0.0245. The van der Waals surface area contributed by atoms with Gasteiger partial charge in [0, 0.05) is 18.1 Å². The minimum absolute atomic E-state index is 0.0245. The molecule has 0 aromatic carbocycles. The largest absolute Gasteiger partial charge is 0.339 e. The van der Waals surface area contributed by atoms with Gasteiger partial charge in [0.25, 0.3) is 0 Å². The van der Waals surface area contributed by atoms with Crippen LogP contribution in [0.4, 0.5) is 0 Å². The average molecular weight is 255 g/mol. The van der Waals surface area contributed by atoms with Crippen LogP contribution in [0.2, 0.25) is 0 Å². The number of hydrogen-bond acceptors (Lipinski definition) is 4. The first kappa shape index (κ1) is 14.1. The second-order valence-corrected chi connectivity index (χ2v) is 6.70. The highest BCUT2D eigenvalue weighted by molar-refractivity contribution is 7.11. The molecule has 0 fully saturated rings. The van der Waals surface area contributed by atoms with Gasteiger partial charge in [0.2, 0.25) is 5.91 Å². The van der Waals surface area contributed by atoms with E-state index in [1.807, 2.05) is 33.9 Å². The molecule has 0 saturated carbocycles. The molecule has 5 heteroatoms. The summed E-state index contributed by atoms with van der Waals surface area (Å²) >= 11 is 1.61. The van der Waals surface area contributed by atoms with Gasteiger partial charge in [-0.05, 0) is 12.3 Å². The van der Waals surface area contributed by atoms with Crippen molar-refractivity contribution in [3.05, 3.63) is 16.1 Å². The van der Waals surface area contributed by atoms with Crippen LogP contribution in [0, 0.1) is 12.3 Å². The van der Waals surface area contributed by atoms with Crippen molar-refractivity contribution in [2.45, 2.75) is 40.3 Å². The molecule has 4 nitrogen and oxygen atoms in total. The Kier molecular flexibility index (Phi) is 4.27. The van der Waals surface area contributed by atoms with Crippen LogP contribution in [0.1, 0.15) is 30.7 Å². The maximum absolute atomic E-state index is 12.1. The number of nitrogens with two attached hydrogens (primary N) is 1. The average Bonchev–Trinajstić information content (AvgIpc) is 2.60. The number of aromatic nitrogens is 1. The molecule has 0 unspecified atom stereocenters. The third-order valence-corrected chi connectivity index (χ3v) is 3.53. The summed E-state index contributed by atoms with van der Waals surface area (Å²) in [6.45, 7) is 8.45. The second-order valence-electron chi connectivity index (χ2n) is 5.38. The number of likely N-dealkylation sites (N-methyl/N-ethyl adjacent to an activating group) is 1. The Morgan fingerprint density at radius 1 is 1.59 bits per heavy atom. The van der Waals surface area contributed by atoms with Gasteiger partial charge in [0.1, 0.15) is 0 Å². The normalized spacial score (nSPS) is 13.5. The van der Waals surface area contributed by atoms with Gasteiger partial charge in [-0.3, -0.25) is 4.79 Å². The van der Waals surface area contributed by atoms with E-state index in [0.29, 0.717) is 6.54 Å². The van der Waals surface area contributed by atoms with E-state index >= 15 is 0 Å². The monoisotopic (exact) mass is 255 g/mol. The molecule has 0 spiro atoms. The summed E-state index contributed by atoms with van der Waals surface area (Å²) in [7, 11) is 1.78. The maximum Gasteiger partial charge on any atom is 0.240 e. The maximum atomic E-state index is 12.1. The van der Waals surface area contributed by atoms with Crippen LogP contribution < -0.4 is 5.73 Å². The van der Waals surface area contributed by atoms with Gasteiger partial charge < -0.3 is 10.6 Å². The number of hydrogen-bond donors (Lipinski definition) is 1. The van der Waals surface area contributed by atoms with Crippen molar-refractivity contribution in [3.8, 4) is 0 Å². The van der Waals surface area contributed by atoms with Gasteiger partial charge in [-0.25, -0.2) is 4.98 Å². The molecule has 0 aliphatic carbocycles. The zero-order chi connectivity index (χ0) is 13.2. The lowest BCUT2D eigenvalue weighted by Crippen LogP contribution is -2.48. The first-order valence-corrected chi connectivity index (χ1v) is 6.45. The summed E-state index contributed by atoms with van der Waals surface area (Å²) in [6.07, 6.45) is 1.81. The molecule has 0 bridgehead atoms. The van der Waals surface area contributed by atoms with E-state index in [9.17, 15) is 4.79 Å². The van der Waals surface area contributed by atoms with Crippen molar-refractivity contribution >= 4 is 17.2 Å². The first-order chi connectivity index (χ1) is 7.71. The van der Waals surface area contributed by atoms with E-state index in [0.717, 1.165) is 9.88 Å². The number of aryl methyl sites for hydroxylation is 1. The van der Waals surface area contributed by atoms with Gasteiger partial charge in [0.15, 0.2) is 0 Å². The lowest BCUT2D eigenvalue weighted by atomic mass is 9.86. The molecule has 0 aliphatic heterocycles. The second kappa shape index (κ2) is 5.14. The molecule has 1 rings (SSSR count). The van der Waals surface area contributed by atoms with Crippen molar-refractivity contribution in [2.24, 2.45) is 11.1 Å². The Labute approximate surface area is 107 Å². The fraction of sp³-hybridized carbons (Fsp3) is 0.667. The fourth-order valence-electron chi connectivity index (χ4n) is 1.40. The van der Waals surface area contributed by atoms with Crippen LogP contribution in [0.25, 0.3) is 0 Å². The third kappa shape index (κ3) is 3.78. The van der Waals surface area contributed by atoms with Gasteiger partial charge in [-0.15, -0.1) is 11.3 Å². The molecule has 96 valence electrons. The summed E-state index contributed by atoms with van der Waals surface area (Å²) < 4.78 is 0. The molecular weight excluding hydrogens is 234 g/mol. The van der Waals surface area contributed by atoms with Gasteiger partial charge >= 0.3 is 0 Å². The van der Waals surface area contributed by atoms with E-state index < -0.39 is 6.04 Å². The Hall–Kier alpha value is -0.940.